The summed E-state index contributed by atoms with van der Waals surface area (Å²) in [7, 11) is 1.78. The summed E-state index contributed by atoms with van der Waals surface area (Å²) in [5.41, 5.74) is 0. The maximum absolute atomic E-state index is 11.6. The van der Waals surface area contributed by atoms with Crippen LogP contribution < -0.4 is 16.0 Å². The lowest BCUT2D eigenvalue weighted by Gasteiger charge is -2.25. The molecule has 1 amide bonds. The van der Waals surface area contributed by atoms with Gasteiger partial charge in [0.1, 0.15) is 0 Å². The SMILES string of the molecule is CCOC(=O)NC(CNC(=NC)NCC1(C)CCCS1)C1CC1.I. The van der Waals surface area contributed by atoms with E-state index in [-0.39, 0.29) is 36.1 Å². The second-order valence-electron chi connectivity index (χ2n) is 6.52. The standard InChI is InChI=1S/C16H30N4O2S.HI/c1-4-22-15(21)20-13(12-6-7-12)10-18-14(17-3)19-11-16(2)8-5-9-23-16;/h12-13H,4-11H2,1-3H3,(H,20,21)(H2,17,18,19);1H. The second kappa shape index (κ2) is 10.6. The summed E-state index contributed by atoms with van der Waals surface area (Å²) < 4.78 is 5.29. The van der Waals surface area contributed by atoms with Crippen LogP contribution in [-0.4, -0.2) is 55.3 Å². The van der Waals surface area contributed by atoms with E-state index < -0.39 is 0 Å². The number of nitrogens with one attached hydrogen (secondary N) is 3. The van der Waals surface area contributed by atoms with Crippen LogP contribution in [0.25, 0.3) is 0 Å². The van der Waals surface area contributed by atoms with Crippen LogP contribution >= 0.6 is 35.7 Å². The number of alkyl carbamates (subject to hydrolysis) is 1. The largest absolute Gasteiger partial charge is 0.450 e. The average molecular weight is 470 g/mol. The molecule has 0 spiro atoms. The quantitative estimate of drug-likeness (QED) is 0.303. The molecule has 3 N–H and O–H groups in total. The lowest BCUT2D eigenvalue weighted by atomic mass is 10.1. The zero-order valence-corrected chi connectivity index (χ0v) is 18.0. The molecule has 8 heteroatoms. The number of guanidine groups is 1. The fraction of sp³-hybridized carbons (Fsp3) is 0.875. The van der Waals surface area contributed by atoms with Crippen molar-refractivity contribution >= 4 is 47.8 Å². The molecule has 0 aromatic rings. The van der Waals surface area contributed by atoms with Crippen LogP contribution in [0.5, 0.6) is 0 Å². The van der Waals surface area contributed by atoms with Crippen molar-refractivity contribution in [3.8, 4) is 0 Å². The van der Waals surface area contributed by atoms with Crippen molar-refractivity contribution in [1.29, 1.82) is 0 Å². The summed E-state index contributed by atoms with van der Waals surface area (Å²) in [6.45, 7) is 6.11. The van der Waals surface area contributed by atoms with Gasteiger partial charge in [0.05, 0.1) is 12.6 Å². The molecule has 1 aliphatic carbocycles. The van der Waals surface area contributed by atoms with E-state index in [4.69, 9.17) is 4.74 Å². The molecule has 0 aromatic carbocycles. The number of hydrogen-bond donors (Lipinski definition) is 3. The molecule has 2 aliphatic rings. The van der Waals surface area contributed by atoms with Gasteiger partial charge in [-0.25, -0.2) is 4.79 Å². The van der Waals surface area contributed by atoms with Gasteiger partial charge in [-0.05, 0) is 51.2 Å². The highest BCUT2D eigenvalue weighted by Gasteiger charge is 2.33. The molecule has 24 heavy (non-hydrogen) atoms. The summed E-state index contributed by atoms with van der Waals surface area (Å²) in [6.07, 6.45) is 4.54. The zero-order chi connectivity index (χ0) is 16.7. The summed E-state index contributed by atoms with van der Waals surface area (Å²) in [5, 5.41) is 9.71. The molecular formula is C16H31IN4O2S. The van der Waals surface area contributed by atoms with Crippen molar-refractivity contribution in [1.82, 2.24) is 16.0 Å². The summed E-state index contributed by atoms with van der Waals surface area (Å²) >= 11 is 2.03. The third kappa shape index (κ3) is 7.25. The highest BCUT2D eigenvalue weighted by atomic mass is 127. The van der Waals surface area contributed by atoms with E-state index in [1.165, 1.54) is 31.4 Å². The van der Waals surface area contributed by atoms with Gasteiger partial charge >= 0.3 is 6.09 Å². The topological polar surface area (TPSA) is 74.8 Å². The Morgan fingerprint density at radius 3 is 2.71 bits per heavy atom. The van der Waals surface area contributed by atoms with Crippen molar-refractivity contribution in [3.63, 3.8) is 0 Å². The smallest absolute Gasteiger partial charge is 0.407 e. The van der Waals surface area contributed by atoms with E-state index in [0.29, 0.717) is 23.8 Å². The molecule has 1 heterocycles. The third-order valence-electron chi connectivity index (χ3n) is 4.41. The van der Waals surface area contributed by atoms with E-state index in [2.05, 4.69) is 27.9 Å². The molecule has 140 valence electrons. The van der Waals surface area contributed by atoms with E-state index in [1.807, 2.05) is 18.7 Å². The zero-order valence-electron chi connectivity index (χ0n) is 14.9. The third-order valence-corrected chi connectivity index (χ3v) is 5.95. The summed E-state index contributed by atoms with van der Waals surface area (Å²) in [6, 6.07) is 0.101. The maximum Gasteiger partial charge on any atom is 0.407 e. The Labute approximate surface area is 166 Å². The highest BCUT2D eigenvalue weighted by Crippen LogP contribution is 2.37. The molecule has 2 unspecified atom stereocenters. The minimum absolute atomic E-state index is 0. The molecule has 0 bridgehead atoms. The molecule has 0 radical (unpaired) electrons. The van der Waals surface area contributed by atoms with E-state index in [9.17, 15) is 4.79 Å². The molecule has 1 aliphatic heterocycles. The van der Waals surface area contributed by atoms with Gasteiger partial charge in [-0.15, -0.1) is 24.0 Å². The molecule has 1 saturated heterocycles. The van der Waals surface area contributed by atoms with Crippen LogP contribution in [0.4, 0.5) is 4.79 Å². The van der Waals surface area contributed by atoms with Crippen LogP contribution in [0.15, 0.2) is 4.99 Å². The normalized spacial score (nSPS) is 24.7. The number of thioether (sulfide) groups is 1. The van der Waals surface area contributed by atoms with Crippen LogP contribution in [-0.2, 0) is 4.74 Å². The van der Waals surface area contributed by atoms with Crippen molar-refractivity contribution < 1.29 is 9.53 Å². The highest BCUT2D eigenvalue weighted by molar-refractivity contribution is 14.0. The van der Waals surface area contributed by atoms with Crippen LogP contribution in [0.1, 0.15) is 39.5 Å². The number of nitrogens with zero attached hydrogens (tertiary/aromatic N) is 1. The van der Waals surface area contributed by atoms with Gasteiger partial charge in [0, 0.05) is 24.9 Å². The Bertz CT molecular complexity index is 426. The van der Waals surface area contributed by atoms with Crippen LogP contribution in [0, 0.1) is 5.92 Å². The minimum Gasteiger partial charge on any atom is -0.450 e. The first-order valence-electron chi connectivity index (χ1n) is 8.58. The number of halogens is 1. The molecule has 1 saturated carbocycles. The Morgan fingerprint density at radius 2 is 2.17 bits per heavy atom. The molecule has 0 aromatic heterocycles. The van der Waals surface area contributed by atoms with E-state index in [1.54, 1.807) is 7.05 Å². The van der Waals surface area contributed by atoms with Crippen LogP contribution in [0.2, 0.25) is 0 Å². The van der Waals surface area contributed by atoms with Crippen molar-refractivity contribution in [2.45, 2.75) is 50.3 Å². The Kier molecular flexibility index (Phi) is 9.54. The fourth-order valence-corrected chi connectivity index (χ4v) is 4.08. The average Bonchev–Trinajstić information content (AvgIpc) is 3.28. The van der Waals surface area contributed by atoms with E-state index in [0.717, 1.165) is 12.5 Å². The number of carbonyl (C=O) groups is 1. The number of aliphatic imine (C=N–C) groups is 1. The van der Waals surface area contributed by atoms with Gasteiger partial charge in [-0.3, -0.25) is 4.99 Å². The van der Waals surface area contributed by atoms with Gasteiger partial charge in [0.25, 0.3) is 0 Å². The molecule has 2 rings (SSSR count). The van der Waals surface area contributed by atoms with Gasteiger partial charge in [0.15, 0.2) is 5.96 Å². The predicted octanol–water partition coefficient (Wildman–Crippen LogP) is 2.58. The number of rotatable bonds is 7. The molecule has 2 fully saturated rings. The van der Waals surface area contributed by atoms with Gasteiger partial charge in [-0.2, -0.15) is 11.8 Å². The van der Waals surface area contributed by atoms with Crippen molar-refractivity contribution in [2.24, 2.45) is 10.9 Å². The molecular weight excluding hydrogens is 439 g/mol. The number of carbonyl (C=O) groups excluding carboxylic acids is 1. The van der Waals surface area contributed by atoms with Gasteiger partial charge in [0.2, 0.25) is 0 Å². The number of hydrogen-bond acceptors (Lipinski definition) is 4. The van der Waals surface area contributed by atoms with Crippen LogP contribution in [0.3, 0.4) is 0 Å². The second-order valence-corrected chi connectivity index (χ2v) is 8.20. The first kappa shape index (κ1) is 21.7. The molecule has 2 atom stereocenters. The first-order chi connectivity index (χ1) is 11.1. The Hall–Kier alpha value is -0.380. The summed E-state index contributed by atoms with van der Waals surface area (Å²) in [4.78, 5) is 15.9. The predicted molar refractivity (Wildman–Crippen MR) is 112 cm³/mol. The molecule has 6 nitrogen and oxygen atoms in total. The monoisotopic (exact) mass is 470 g/mol. The van der Waals surface area contributed by atoms with Gasteiger partial charge in [-0.1, -0.05) is 0 Å². The fourth-order valence-electron chi connectivity index (χ4n) is 2.83. The first-order valence-corrected chi connectivity index (χ1v) is 9.56. The van der Waals surface area contributed by atoms with Crippen molar-refractivity contribution in [2.75, 3.05) is 32.5 Å². The van der Waals surface area contributed by atoms with Gasteiger partial charge < -0.3 is 20.7 Å². The lowest BCUT2D eigenvalue weighted by Crippen LogP contribution is -2.50. The Balaban J connectivity index is 0.00000288. The van der Waals surface area contributed by atoms with Crippen molar-refractivity contribution in [3.05, 3.63) is 0 Å². The number of ether oxygens (including phenoxy) is 1. The summed E-state index contributed by atoms with van der Waals surface area (Å²) in [5.74, 6) is 2.60. The maximum atomic E-state index is 11.6. The van der Waals surface area contributed by atoms with E-state index >= 15 is 0 Å². The number of amides is 1. The minimum atomic E-state index is -0.330. The lowest BCUT2D eigenvalue weighted by molar-refractivity contribution is 0.146. The Morgan fingerprint density at radius 1 is 1.42 bits per heavy atom.